The van der Waals surface area contributed by atoms with E-state index in [2.05, 4.69) is 24.3 Å². The minimum Gasteiger partial charge on any atom is -0.361 e. The van der Waals surface area contributed by atoms with Gasteiger partial charge in [0.15, 0.2) is 0 Å². The van der Waals surface area contributed by atoms with Gasteiger partial charge >= 0.3 is 0 Å². The van der Waals surface area contributed by atoms with Crippen LogP contribution in [-0.4, -0.2) is 43.6 Å². The molecule has 1 aliphatic heterocycles. The molecule has 6 nitrogen and oxygen atoms in total. The highest BCUT2D eigenvalue weighted by atomic mass is 32.2. The molecule has 7 heteroatoms. The molecule has 0 aromatic carbocycles. The highest BCUT2D eigenvalue weighted by molar-refractivity contribution is 7.88. The van der Waals surface area contributed by atoms with Crippen molar-refractivity contribution in [1.29, 1.82) is 0 Å². The van der Waals surface area contributed by atoms with E-state index in [4.69, 9.17) is 4.52 Å². The summed E-state index contributed by atoms with van der Waals surface area (Å²) >= 11 is 0. The molecule has 1 aliphatic rings. The number of aromatic nitrogens is 1. The lowest BCUT2D eigenvalue weighted by molar-refractivity contribution is 0.256. The van der Waals surface area contributed by atoms with Crippen LogP contribution in [0.5, 0.6) is 0 Å². The minimum atomic E-state index is -3.31. The van der Waals surface area contributed by atoms with Gasteiger partial charge in [-0.3, -0.25) is 0 Å². The highest BCUT2D eigenvalue weighted by Crippen LogP contribution is 2.21. The Hall–Kier alpha value is -0.920. The van der Waals surface area contributed by atoms with Crippen molar-refractivity contribution in [3.63, 3.8) is 0 Å². The number of hydrogen-bond donors (Lipinski definition) is 1. The Kier molecular flexibility index (Phi) is 5.40. The fraction of sp³-hybridized carbons (Fsp3) is 0.786. The summed E-state index contributed by atoms with van der Waals surface area (Å²) < 4.78 is 31.5. The van der Waals surface area contributed by atoms with Crippen LogP contribution in [0.2, 0.25) is 0 Å². The smallest absolute Gasteiger partial charge is 0.219 e. The molecule has 1 aromatic rings. The van der Waals surface area contributed by atoms with E-state index in [9.17, 15) is 8.42 Å². The maximum absolute atomic E-state index is 12.5. The lowest BCUT2D eigenvalue weighted by atomic mass is 9.99. The minimum absolute atomic E-state index is 0.0747. The van der Waals surface area contributed by atoms with E-state index >= 15 is 0 Å². The molecule has 0 spiro atoms. The Balaban J connectivity index is 1.95. The average Bonchev–Trinajstić information content (AvgIpc) is 2.81. The van der Waals surface area contributed by atoms with E-state index < -0.39 is 10.0 Å². The summed E-state index contributed by atoms with van der Waals surface area (Å²) in [6.07, 6.45) is 2.00. The third-order valence-corrected chi connectivity index (χ3v) is 5.48. The molecule has 1 saturated heterocycles. The van der Waals surface area contributed by atoms with Crippen LogP contribution in [0.15, 0.2) is 10.6 Å². The Bertz CT molecular complexity index is 554. The number of sulfonamides is 1. The van der Waals surface area contributed by atoms with Gasteiger partial charge in [0, 0.05) is 25.2 Å². The van der Waals surface area contributed by atoms with Gasteiger partial charge in [-0.15, -0.1) is 0 Å². The summed E-state index contributed by atoms with van der Waals surface area (Å²) in [6.45, 7) is 8.04. The van der Waals surface area contributed by atoms with Crippen LogP contribution in [0.3, 0.4) is 0 Å². The maximum atomic E-state index is 12.5. The SMILES string of the molecule is Cc1cc(CS(=O)(=O)N2CCCC(CNC(C)C)C2)no1. The first-order chi connectivity index (χ1) is 9.87. The number of nitrogens with zero attached hydrogens (tertiary/aromatic N) is 2. The molecule has 0 amide bonds. The second kappa shape index (κ2) is 6.89. The Morgan fingerprint density at radius 2 is 2.29 bits per heavy atom. The van der Waals surface area contributed by atoms with Crippen LogP contribution in [0.4, 0.5) is 0 Å². The summed E-state index contributed by atoms with van der Waals surface area (Å²) in [6, 6.07) is 2.11. The van der Waals surface area contributed by atoms with Crippen molar-refractivity contribution in [2.45, 2.75) is 45.4 Å². The molecule has 0 saturated carbocycles. The number of nitrogens with one attached hydrogen (secondary N) is 1. The van der Waals surface area contributed by atoms with Gasteiger partial charge in [-0.2, -0.15) is 0 Å². The summed E-state index contributed by atoms with van der Waals surface area (Å²) in [5, 5.41) is 7.17. The highest BCUT2D eigenvalue weighted by Gasteiger charge is 2.29. The van der Waals surface area contributed by atoms with E-state index in [0.717, 1.165) is 19.4 Å². The van der Waals surface area contributed by atoms with Crippen LogP contribution in [0, 0.1) is 12.8 Å². The molecule has 21 heavy (non-hydrogen) atoms. The van der Waals surface area contributed by atoms with E-state index in [1.165, 1.54) is 0 Å². The summed E-state index contributed by atoms with van der Waals surface area (Å²) in [4.78, 5) is 0. The van der Waals surface area contributed by atoms with Crippen LogP contribution in [0.25, 0.3) is 0 Å². The summed E-state index contributed by atoms with van der Waals surface area (Å²) in [5.41, 5.74) is 0.481. The first-order valence-electron chi connectivity index (χ1n) is 7.50. The average molecular weight is 315 g/mol. The molecule has 0 radical (unpaired) electrons. The molecule has 0 bridgehead atoms. The topological polar surface area (TPSA) is 75.4 Å². The van der Waals surface area contributed by atoms with Crippen molar-refractivity contribution in [1.82, 2.24) is 14.8 Å². The zero-order valence-corrected chi connectivity index (χ0v) is 13.8. The fourth-order valence-electron chi connectivity index (χ4n) is 2.61. The molecule has 2 heterocycles. The summed E-state index contributed by atoms with van der Waals surface area (Å²) in [7, 11) is -3.31. The van der Waals surface area contributed by atoms with Gasteiger partial charge in [-0.05, 0) is 32.2 Å². The Morgan fingerprint density at radius 1 is 1.52 bits per heavy atom. The second-order valence-corrected chi connectivity index (χ2v) is 8.08. The zero-order valence-electron chi connectivity index (χ0n) is 13.0. The molecule has 1 aromatic heterocycles. The largest absolute Gasteiger partial charge is 0.361 e. The predicted molar refractivity (Wildman–Crippen MR) is 81.3 cm³/mol. The van der Waals surface area contributed by atoms with Crippen molar-refractivity contribution in [2.75, 3.05) is 19.6 Å². The molecule has 0 aliphatic carbocycles. The van der Waals surface area contributed by atoms with Gasteiger partial charge < -0.3 is 9.84 Å². The normalized spacial score (nSPS) is 21.0. The predicted octanol–water partition coefficient (Wildman–Crippen LogP) is 1.52. The molecule has 1 unspecified atom stereocenters. The number of aryl methyl sites for hydroxylation is 1. The van der Waals surface area contributed by atoms with Gasteiger partial charge in [-0.25, -0.2) is 12.7 Å². The van der Waals surface area contributed by atoms with Crippen molar-refractivity contribution >= 4 is 10.0 Å². The van der Waals surface area contributed by atoms with Gasteiger partial charge in [0.2, 0.25) is 10.0 Å². The Morgan fingerprint density at radius 3 is 2.90 bits per heavy atom. The molecule has 120 valence electrons. The van der Waals surface area contributed by atoms with E-state index in [-0.39, 0.29) is 5.75 Å². The van der Waals surface area contributed by atoms with Crippen LogP contribution < -0.4 is 5.32 Å². The van der Waals surface area contributed by atoms with E-state index in [1.54, 1.807) is 17.3 Å². The molecule has 1 fully saturated rings. The van der Waals surface area contributed by atoms with E-state index in [0.29, 0.717) is 36.5 Å². The number of rotatable bonds is 6. The maximum Gasteiger partial charge on any atom is 0.219 e. The molecule has 1 N–H and O–H groups in total. The van der Waals surface area contributed by atoms with Gasteiger partial charge in [0.25, 0.3) is 0 Å². The quantitative estimate of drug-likeness (QED) is 0.861. The molecule has 1 atom stereocenters. The second-order valence-electron chi connectivity index (χ2n) is 6.11. The van der Waals surface area contributed by atoms with Gasteiger partial charge in [-0.1, -0.05) is 19.0 Å². The van der Waals surface area contributed by atoms with Crippen LogP contribution >= 0.6 is 0 Å². The zero-order chi connectivity index (χ0) is 15.5. The molecule has 2 rings (SSSR count). The van der Waals surface area contributed by atoms with Crippen LogP contribution in [0.1, 0.15) is 38.1 Å². The first-order valence-corrected chi connectivity index (χ1v) is 9.11. The molecular formula is C14H25N3O3S. The third-order valence-electron chi connectivity index (χ3n) is 3.70. The lowest BCUT2D eigenvalue weighted by Gasteiger charge is -2.32. The number of hydrogen-bond acceptors (Lipinski definition) is 5. The monoisotopic (exact) mass is 315 g/mol. The van der Waals surface area contributed by atoms with Crippen molar-refractivity contribution in [2.24, 2.45) is 5.92 Å². The van der Waals surface area contributed by atoms with Gasteiger partial charge in [0.05, 0.1) is 0 Å². The Labute approximate surface area is 126 Å². The first kappa shape index (κ1) is 16.5. The third kappa shape index (κ3) is 4.79. The standard InChI is InChI=1S/C14H25N3O3S/c1-11(2)15-8-13-5-4-6-17(9-13)21(18,19)10-14-7-12(3)20-16-14/h7,11,13,15H,4-6,8-10H2,1-3H3. The summed E-state index contributed by atoms with van der Waals surface area (Å²) in [5.74, 6) is 0.946. The van der Waals surface area contributed by atoms with Crippen LogP contribution in [-0.2, 0) is 15.8 Å². The van der Waals surface area contributed by atoms with Crippen molar-refractivity contribution in [3.8, 4) is 0 Å². The van der Waals surface area contributed by atoms with Crippen molar-refractivity contribution in [3.05, 3.63) is 17.5 Å². The molecular weight excluding hydrogens is 290 g/mol. The lowest BCUT2D eigenvalue weighted by Crippen LogP contribution is -2.44. The fourth-order valence-corrected chi connectivity index (χ4v) is 4.15. The number of piperidine rings is 1. The van der Waals surface area contributed by atoms with Crippen molar-refractivity contribution < 1.29 is 12.9 Å². The van der Waals surface area contributed by atoms with E-state index in [1.807, 2.05) is 0 Å². The van der Waals surface area contributed by atoms with Gasteiger partial charge in [0.1, 0.15) is 17.2 Å².